The molecular formula is C24H26N4O. The van der Waals surface area contributed by atoms with E-state index in [0.29, 0.717) is 11.3 Å². The Bertz CT molecular complexity index is 1020. The highest BCUT2D eigenvalue weighted by Crippen LogP contribution is 2.37. The van der Waals surface area contributed by atoms with Gasteiger partial charge in [0.15, 0.2) is 0 Å². The van der Waals surface area contributed by atoms with E-state index in [1.165, 1.54) is 32.1 Å². The van der Waals surface area contributed by atoms with E-state index in [1.54, 1.807) is 12.4 Å². The standard InChI is InChI=1S/C24H26N4O/c29-24(27-21-13-18-6-3-4-8-22(18)25-15-21)19-9-10-23(26-14-19)28-12-11-17-5-1-2-7-20(17)16-28/h3-4,6,8-10,13-15,17,20H,1-2,5,7,11-12,16H2,(H,27,29)/t17-,20+/m1/s1. The summed E-state index contributed by atoms with van der Waals surface area (Å²) in [6.45, 7) is 2.18. The topological polar surface area (TPSA) is 58.1 Å². The van der Waals surface area contributed by atoms with Crippen molar-refractivity contribution in [3.05, 3.63) is 60.4 Å². The van der Waals surface area contributed by atoms with Crippen LogP contribution in [0.5, 0.6) is 0 Å². The maximum absolute atomic E-state index is 12.6. The molecule has 3 heterocycles. The summed E-state index contributed by atoms with van der Waals surface area (Å²) in [6.07, 6.45) is 10.2. The molecule has 2 fully saturated rings. The van der Waals surface area contributed by atoms with Crippen LogP contribution in [0.4, 0.5) is 11.5 Å². The summed E-state index contributed by atoms with van der Waals surface area (Å²) < 4.78 is 0. The fourth-order valence-corrected chi connectivity index (χ4v) is 4.86. The number of benzene rings is 1. The van der Waals surface area contributed by atoms with Crippen LogP contribution in [0.3, 0.4) is 0 Å². The van der Waals surface area contributed by atoms with Crippen molar-refractivity contribution in [1.29, 1.82) is 0 Å². The van der Waals surface area contributed by atoms with Crippen molar-refractivity contribution in [3.63, 3.8) is 0 Å². The predicted molar refractivity (Wildman–Crippen MR) is 116 cm³/mol. The highest BCUT2D eigenvalue weighted by atomic mass is 16.1. The molecule has 0 bridgehead atoms. The maximum atomic E-state index is 12.6. The molecule has 2 aromatic heterocycles. The number of pyridine rings is 2. The molecule has 148 valence electrons. The van der Waals surface area contributed by atoms with Crippen molar-refractivity contribution in [1.82, 2.24) is 9.97 Å². The fraction of sp³-hybridized carbons (Fsp3) is 0.375. The van der Waals surface area contributed by atoms with Gasteiger partial charge in [0.1, 0.15) is 5.82 Å². The number of amides is 1. The zero-order valence-corrected chi connectivity index (χ0v) is 16.6. The first-order valence-electron chi connectivity index (χ1n) is 10.6. The summed E-state index contributed by atoms with van der Waals surface area (Å²) in [6, 6.07) is 13.7. The molecule has 1 aliphatic carbocycles. The van der Waals surface area contributed by atoms with E-state index in [0.717, 1.165) is 41.6 Å². The van der Waals surface area contributed by atoms with Gasteiger partial charge >= 0.3 is 0 Å². The van der Waals surface area contributed by atoms with E-state index < -0.39 is 0 Å². The van der Waals surface area contributed by atoms with E-state index in [9.17, 15) is 4.79 Å². The van der Waals surface area contributed by atoms with Gasteiger partial charge in [0, 0.05) is 24.7 Å². The Balaban J connectivity index is 1.26. The molecule has 1 aromatic carbocycles. The van der Waals surface area contributed by atoms with Gasteiger partial charge in [-0.1, -0.05) is 37.5 Å². The monoisotopic (exact) mass is 386 g/mol. The van der Waals surface area contributed by atoms with Crippen molar-refractivity contribution in [2.45, 2.75) is 32.1 Å². The molecule has 5 nitrogen and oxygen atoms in total. The molecule has 0 spiro atoms. The van der Waals surface area contributed by atoms with E-state index in [4.69, 9.17) is 0 Å². The van der Waals surface area contributed by atoms with E-state index in [-0.39, 0.29) is 5.91 Å². The van der Waals surface area contributed by atoms with Crippen LogP contribution in [-0.4, -0.2) is 29.0 Å². The molecule has 1 amide bonds. The molecule has 5 heteroatoms. The number of rotatable bonds is 3. The number of anilines is 2. The van der Waals surface area contributed by atoms with Crippen LogP contribution in [0.25, 0.3) is 10.9 Å². The minimum Gasteiger partial charge on any atom is -0.356 e. The van der Waals surface area contributed by atoms with Crippen LogP contribution in [0.1, 0.15) is 42.5 Å². The molecule has 1 N–H and O–H groups in total. The summed E-state index contributed by atoms with van der Waals surface area (Å²) >= 11 is 0. The first-order chi connectivity index (χ1) is 14.3. The highest BCUT2D eigenvalue weighted by molar-refractivity contribution is 6.04. The van der Waals surface area contributed by atoms with Crippen LogP contribution >= 0.6 is 0 Å². The molecule has 2 atom stereocenters. The summed E-state index contributed by atoms with van der Waals surface area (Å²) in [5, 5.41) is 3.94. The molecule has 3 aromatic rings. The number of hydrogen-bond acceptors (Lipinski definition) is 4. The molecule has 29 heavy (non-hydrogen) atoms. The Morgan fingerprint density at radius 3 is 2.69 bits per heavy atom. The predicted octanol–water partition coefficient (Wildman–Crippen LogP) is 4.90. The highest BCUT2D eigenvalue weighted by Gasteiger charge is 2.31. The van der Waals surface area contributed by atoms with Crippen LogP contribution < -0.4 is 10.2 Å². The van der Waals surface area contributed by atoms with Gasteiger partial charge in [-0.05, 0) is 48.9 Å². The zero-order chi connectivity index (χ0) is 19.6. The number of hydrogen-bond donors (Lipinski definition) is 1. The smallest absolute Gasteiger partial charge is 0.257 e. The van der Waals surface area contributed by atoms with Crippen molar-refractivity contribution in [2.75, 3.05) is 23.3 Å². The lowest BCUT2D eigenvalue weighted by molar-refractivity contribution is 0.102. The second-order valence-corrected chi connectivity index (χ2v) is 8.32. The first kappa shape index (κ1) is 18.1. The second kappa shape index (κ2) is 7.82. The Kier molecular flexibility index (Phi) is 4.88. The minimum absolute atomic E-state index is 0.160. The lowest BCUT2D eigenvalue weighted by atomic mass is 9.75. The average molecular weight is 386 g/mol. The molecule has 0 unspecified atom stereocenters. The van der Waals surface area contributed by atoms with Gasteiger partial charge < -0.3 is 10.2 Å². The van der Waals surface area contributed by atoms with Crippen molar-refractivity contribution >= 4 is 28.3 Å². The molecule has 1 saturated heterocycles. The van der Waals surface area contributed by atoms with Crippen LogP contribution in [-0.2, 0) is 0 Å². The third-order valence-electron chi connectivity index (χ3n) is 6.47. The van der Waals surface area contributed by atoms with Gasteiger partial charge in [0.05, 0.1) is 23.0 Å². The Morgan fingerprint density at radius 2 is 1.83 bits per heavy atom. The summed E-state index contributed by atoms with van der Waals surface area (Å²) in [5.41, 5.74) is 2.17. The molecule has 1 saturated carbocycles. The summed E-state index contributed by atoms with van der Waals surface area (Å²) in [7, 11) is 0. The number of nitrogens with one attached hydrogen (secondary N) is 1. The number of piperidine rings is 1. The molecule has 5 rings (SSSR count). The van der Waals surface area contributed by atoms with Crippen molar-refractivity contribution in [3.8, 4) is 0 Å². The first-order valence-corrected chi connectivity index (χ1v) is 10.6. The van der Waals surface area contributed by atoms with Crippen LogP contribution in [0, 0.1) is 11.8 Å². The molecular weight excluding hydrogens is 360 g/mol. The number of para-hydroxylation sites is 1. The van der Waals surface area contributed by atoms with E-state index >= 15 is 0 Å². The Morgan fingerprint density at radius 1 is 0.966 bits per heavy atom. The fourth-order valence-electron chi connectivity index (χ4n) is 4.86. The number of fused-ring (bicyclic) bond motifs is 2. The molecule has 2 aliphatic rings. The quantitative estimate of drug-likeness (QED) is 0.696. The lowest BCUT2D eigenvalue weighted by Gasteiger charge is -2.41. The van der Waals surface area contributed by atoms with Gasteiger partial charge in [-0.2, -0.15) is 0 Å². The van der Waals surface area contributed by atoms with Gasteiger partial charge in [-0.15, -0.1) is 0 Å². The molecule has 0 radical (unpaired) electrons. The van der Waals surface area contributed by atoms with Gasteiger partial charge in [0.25, 0.3) is 5.91 Å². The number of aromatic nitrogens is 2. The summed E-state index contributed by atoms with van der Waals surface area (Å²) in [4.78, 5) is 24.0. The number of carbonyl (C=O) groups excluding carboxylic acids is 1. The van der Waals surface area contributed by atoms with E-state index in [2.05, 4.69) is 20.2 Å². The normalized spacial score (nSPS) is 21.6. The molecule has 1 aliphatic heterocycles. The SMILES string of the molecule is O=C(Nc1cnc2ccccc2c1)c1ccc(N2CC[C@H]3CCCC[C@H]3C2)nc1. The Hall–Kier alpha value is -2.95. The van der Waals surface area contributed by atoms with Crippen molar-refractivity contribution in [2.24, 2.45) is 11.8 Å². The third-order valence-corrected chi connectivity index (χ3v) is 6.47. The number of nitrogens with zero attached hydrogens (tertiary/aromatic N) is 3. The lowest BCUT2D eigenvalue weighted by Crippen LogP contribution is -2.42. The minimum atomic E-state index is -0.160. The zero-order valence-electron chi connectivity index (χ0n) is 16.6. The average Bonchev–Trinajstić information content (AvgIpc) is 2.79. The summed E-state index contributed by atoms with van der Waals surface area (Å²) in [5.74, 6) is 2.54. The Labute approximate surface area is 171 Å². The third kappa shape index (κ3) is 3.82. The van der Waals surface area contributed by atoms with E-state index in [1.807, 2.05) is 42.5 Å². The number of carbonyl (C=O) groups is 1. The van der Waals surface area contributed by atoms with Crippen LogP contribution in [0.2, 0.25) is 0 Å². The van der Waals surface area contributed by atoms with Gasteiger partial charge in [0.2, 0.25) is 0 Å². The maximum Gasteiger partial charge on any atom is 0.257 e. The van der Waals surface area contributed by atoms with Crippen molar-refractivity contribution < 1.29 is 4.79 Å². The van der Waals surface area contributed by atoms with Crippen LogP contribution in [0.15, 0.2) is 54.9 Å². The van der Waals surface area contributed by atoms with Gasteiger partial charge in [-0.3, -0.25) is 9.78 Å². The largest absolute Gasteiger partial charge is 0.356 e. The van der Waals surface area contributed by atoms with Gasteiger partial charge in [-0.25, -0.2) is 4.98 Å². The second-order valence-electron chi connectivity index (χ2n) is 8.32.